The maximum atomic E-state index is 13.4. The second-order valence-electron chi connectivity index (χ2n) is 4.91. The summed E-state index contributed by atoms with van der Waals surface area (Å²) in [6, 6.07) is 3.93. The molecule has 2 N–H and O–H groups in total. The molecule has 0 aliphatic heterocycles. The van der Waals surface area contributed by atoms with Gasteiger partial charge in [-0.05, 0) is 19.1 Å². The fourth-order valence-corrected chi connectivity index (χ4v) is 1.57. The van der Waals surface area contributed by atoms with Gasteiger partial charge in [0.15, 0.2) is 0 Å². The first-order valence-electron chi connectivity index (χ1n) is 5.70. The Morgan fingerprint density at radius 3 is 2.29 bits per heavy atom. The SMILES string of the molecule is CC(C)NCC(C)(O)Cc1c(F)cccc1F. The molecule has 0 spiro atoms. The van der Waals surface area contributed by atoms with Gasteiger partial charge >= 0.3 is 0 Å². The van der Waals surface area contributed by atoms with E-state index in [0.29, 0.717) is 6.54 Å². The zero-order chi connectivity index (χ0) is 13.1. The first-order valence-corrected chi connectivity index (χ1v) is 5.70. The van der Waals surface area contributed by atoms with Gasteiger partial charge in [-0.1, -0.05) is 19.9 Å². The molecule has 0 radical (unpaired) electrons. The Morgan fingerprint density at radius 2 is 1.82 bits per heavy atom. The van der Waals surface area contributed by atoms with Gasteiger partial charge < -0.3 is 10.4 Å². The lowest BCUT2D eigenvalue weighted by Gasteiger charge is -2.25. The van der Waals surface area contributed by atoms with Gasteiger partial charge in [-0.3, -0.25) is 0 Å². The minimum absolute atomic E-state index is 0.0504. The van der Waals surface area contributed by atoms with Crippen LogP contribution in [0.15, 0.2) is 18.2 Å². The van der Waals surface area contributed by atoms with Crippen molar-refractivity contribution in [1.29, 1.82) is 0 Å². The Hall–Kier alpha value is -1.00. The molecule has 0 fully saturated rings. The molecule has 4 heteroatoms. The number of aliphatic hydroxyl groups is 1. The number of rotatable bonds is 5. The van der Waals surface area contributed by atoms with Crippen LogP contribution in [0.1, 0.15) is 26.3 Å². The largest absolute Gasteiger partial charge is 0.389 e. The van der Waals surface area contributed by atoms with E-state index in [1.54, 1.807) is 6.92 Å². The number of nitrogens with one attached hydrogen (secondary N) is 1. The Kier molecular flexibility index (Phi) is 4.60. The normalized spacial score (nSPS) is 15.0. The third-order valence-corrected chi connectivity index (χ3v) is 2.51. The van der Waals surface area contributed by atoms with E-state index >= 15 is 0 Å². The van der Waals surface area contributed by atoms with Crippen LogP contribution >= 0.6 is 0 Å². The van der Waals surface area contributed by atoms with Crippen LogP contribution in [-0.4, -0.2) is 23.3 Å². The summed E-state index contributed by atoms with van der Waals surface area (Å²) < 4.78 is 26.8. The first-order chi connectivity index (χ1) is 7.82. The van der Waals surface area contributed by atoms with Crippen LogP contribution in [0, 0.1) is 11.6 Å². The molecule has 2 nitrogen and oxygen atoms in total. The third-order valence-electron chi connectivity index (χ3n) is 2.51. The summed E-state index contributed by atoms with van der Waals surface area (Å²) in [4.78, 5) is 0. The molecule has 0 aromatic heterocycles. The van der Waals surface area contributed by atoms with Crippen LogP contribution in [0.5, 0.6) is 0 Å². The summed E-state index contributed by atoms with van der Waals surface area (Å²) in [6.07, 6.45) is -0.0504. The van der Waals surface area contributed by atoms with Gasteiger partial charge in [0.2, 0.25) is 0 Å². The Balaban J connectivity index is 2.75. The minimum atomic E-state index is -1.17. The molecule has 1 rings (SSSR count). The van der Waals surface area contributed by atoms with Crippen molar-refractivity contribution in [2.45, 2.75) is 38.8 Å². The third kappa shape index (κ3) is 4.40. The zero-order valence-electron chi connectivity index (χ0n) is 10.4. The molecule has 0 aliphatic rings. The van der Waals surface area contributed by atoms with Crippen molar-refractivity contribution in [1.82, 2.24) is 5.32 Å². The van der Waals surface area contributed by atoms with Gasteiger partial charge in [-0.2, -0.15) is 0 Å². The van der Waals surface area contributed by atoms with Crippen molar-refractivity contribution >= 4 is 0 Å². The quantitative estimate of drug-likeness (QED) is 0.831. The van der Waals surface area contributed by atoms with Gasteiger partial charge in [0.1, 0.15) is 11.6 Å². The topological polar surface area (TPSA) is 32.3 Å². The number of hydrogen-bond acceptors (Lipinski definition) is 2. The second-order valence-corrected chi connectivity index (χ2v) is 4.91. The van der Waals surface area contributed by atoms with E-state index in [4.69, 9.17) is 0 Å². The van der Waals surface area contributed by atoms with Crippen LogP contribution in [0.25, 0.3) is 0 Å². The highest BCUT2D eigenvalue weighted by molar-refractivity contribution is 5.21. The molecule has 0 aliphatic carbocycles. The van der Waals surface area contributed by atoms with E-state index < -0.39 is 17.2 Å². The van der Waals surface area contributed by atoms with Gasteiger partial charge in [-0.15, -0.1) is 0 Å². The van der Waals surface area contributed by atoms with E-state index in [2.05, 4.69) is 5.32 Å². The van der Waals surface area contributed by atoms with E-state index in [1.807, 2.05) is 13.8 Å². The maximum Gasteiger partial charge on any atom is 0.129 e. The summed E-state index contributed by atoms with van der Waals surface area (Å²) in [5.41, 5.74) is -1.24. The molecule has 0 saturated heterocycles. The Morgan fingerprint density at radius 1 is 1.29 bits per heavy atom. The lowest BCUT2D eigenvalue weighted by atomic mass is 9.95. The molecule has 0 amide bonds. The average Bonchev–Trinajstić information content (AvgIpc) is 2.21. The maximum absolute atomic E-state index is 13.4. The van der Waals surface area contributed by atoms with E-state index in [-0.39, 0.29) is 18.0 Å². The van der Waals surface area contributed by atoms with Crippen molar-refractivity contribution < 1.29 is 13.9 Å². The van der Waals surface area contributed by atoms with E-state index in [0.717, 1.165) is 0 Å². The standard InChI is InChI=1S/C13H19F2NO/c1-9(2)16-8-13(3,17)7-10-11(14)5-4-6-12(10)15/h4-6,9,16-17H,7-8H2,1-3H3. The van der Waals surface area contributed by atoms with Crippen molar-refractivity contribution in [3.8, 4) is 0 Å². The molecular weight excluding hydrogens is 224 g/mol. The van der Waals surface area contributed by atoms with Crippen molar-refractivity contribution in [2.24, 2.45) is 0 Å². The van der Waals surface area contributed by atoms with Gasteiger partial charge in [-0.25, -0.2) is 8.78 Å². The van der Waals surface area contributed by atoms with Gasteiger partial charge in [0.05, 0.1) is 5.60 Å². The fraction of sp³-hybridized carbons (Fsp3) is 0.538. The molecule has 0 saturated carbocycles. The highest BCUT2D eigenvalue weighted by atomic mass is 19.1. The van der Waals surface area contributed by atoms with Gasteiger partial charge in [0.25, 0.3) is 0 Å². The second kappa shape index (κ2) is 5.56. The van der Waals surface area contributed by atoms with Crippen LogP contribution in [0.4, 0.5) is 8.78 Å². The lowest BCUT2D eigenvalue weighted by molar-refractivity contribution is 0.0563. The fourth-order valence-electron chi connectivity index (χ4n) is 1.57. The number of halogens is 2. The van der Waals surface area contributed by atoms with Crippen LogP contribution in [0.2, 0.25) is 0 Å². The predicted octanol–water partition coefficient (Wildman–Crippen LogP) is 2.26. The molecule has 1 atom stereocenters. The van der Waals surface area contributed by atoms with Crippen molar-refractivity contribution in [2.75, 3.05) is 6.54 Å². The van der Waals surface area contributed by atoms with Gasteiger partial charge in [0, 0.05) is 24.6 Å². The monoisotopic (exact) mass is 243 g/mol. The highest BCUT2D eigenvalue weighted by Crippen LogP contribution is 2.18. The zero-order valence-corrected chi connectivity index (χ0v) is 10.4. The molecule has 0 heterocycles. The number of benzene rings is 1. The van der Waals surface area contributed by atoms with Crippen molar-refractivity contribution in [3.63, 3.8) is 0 Å². The molecule has 96 valence electrons. The van der Waals surface area contributed by atoms with Crippen LogP contribution in [0.3, 0.4) is 0 Å². The predicted molar refractivity (Wildman–Crippen MR) is 63.8 cm³/mol. The summed E-state index contributed by atoms with van der Waals surface area (Å²) in [7, 11) is 0. The molecule has 0 bridgehead atoms. The molecule has 1 unspecified atom stereocenters. The smallest absolute Gasteiger partial charge is 0.129 e. The van der Waals surface area contributed by atoms with E-state index in [1.165, 1.54) is 18.2 Å². The molecular formula is C13H19F2NO. The van der Waals surface area contributed by atoms with Crippen molar-refractivity contribution in [3.05, 3.63) is 35.4 Å². The molecule has 1 aromatic rings. The van der Waals surface area contributed by atoms with Crippen LogP contribution in [-0.2, 0) is 6.42 Å². The first kappa shape index (κ1) is 14.1. The minimum Gasteiger partial charge on any atom is -0.389 e. The molecule has 1 aromatic carbocycles. The lowest BCUT2D eigenvalue weighted by Crippen LogP contribution is -2.42. The summed E-state index contributed by atoms with van der Waals surface area (Å²) in [6.45, 7) is 5.74. The van der Waals surface area contributed by atoms with Crippen LogP contribution < -0.4 is 5.32 Å². The Labute approximate surface area is 101 Å². The number of hydrogen-bond donors (Lipinski definition) is 2. The highest BCUT2D eigenvalue weighted by Gasteiger charge is 2.24. The summed E-state index contributed by atoms with van der Waals surface area (Å²) in [5, 5.41) is 13.1. The summed E-state index contributed by atoms with van der Waals surface area (Å²) >= 11 is 0. The van der Waals surface area contributed by atoms with E-state index in [9.17, 15) is 13.9 Å². The average molecular weight is 243 g/mol. The summed E-state index contributed by atoms with van der Waals surface area (Å²) in [5.74, 6) is -1.23. The Bertz CT molecular complexity index is 357. The molecule has 17 heavy (non-hydrogen) atoms.